The maximum atomic E-state index is 5.02. The molecule has 0 N–H and O–H groups in total. The van der Waals surface area contributed by atoms with Gasteiger partial charge in [0.05, 0.1) is 0 Å². The zero-order valence-corrected chi connectivity index (χ0v) is 5.53. The molecule has 40 valence electrons. The Kier molecular flexibility index (Phi) is 4.09. The van der Waals surface area contributed by atoms with E-state index in [1.165, 1.54) is 0 Å². The van der Waals surface area contributed by atoms with Gasteiger partial charge in [0.15, 0.2) is 0 Å². The first-order valence-electron chi connectivity index (χ1n) is 2.14. The van der Waals surface area contributed by atoms with E-state index in [9.17, 15) is 0 Å². The Morgan fingerprint density at radius 3 is 2.57 bits per heavy atom. The van der Waals surface area contributed by atoms with Crippen LogP contribution in [-0.4, -0.2) is 13.3 Å². The first-order valence-corrected chi connectivity index (χ1v) is 3.84. The van der Waals surface area contributed by atoms with Gasteiger partial charge in [0.2, 0.25) is 0 Å². The molecule has 0 aliphatic rings. The van der Waals surface area contributed by atoms with Crippen molar-refractivity contribution in [2.75, 3.05) is 13.3 Å². The molecule has 0 radical (unpaired) electrons. The molecule has 0 aliphatic heterocycles. The fourth-order valence-corrected chi connectivity index (χ4v) is 0.693. The molecule has 0 aromatic carbocycles. The predicted octanol–water partition coefficient (Wildman–Crippen LogP) is 1.64. The van der Waals surface area contributed by atoms with Gasteiger partial charge >= 0.3 is 0 Å². The molecule has 7 heavy (non-hydrogen) atoms. The van der Waals surface area contributed by atoms with Crippen molar-refractivity contribution in [1.82, 2.24) is 0 Å². The monoisotopic (exact) mass is 116 g/mol. The first kappa shape index (κ1) is 6.95. The van der Waals surface area contributed by atoms with E-state index in [1.54, 1.807) is 0 Å². The predicted molar refractivity (Wildman–Crippen MR) is 33.3 cm³/mol. The van der Waals surface area contributed by atoms with Crippen LogP contribution in [0.1, 0.15) is 6.92 Å². The van der Waals surface area contributed by atoms with Crippen LogP contribution in [0.2, 0.25) is 0 Å². The number of hydrogen-bond acceptors (Lipinski definition) is 1. The minimum Gasteiger partial charge on any atom is -0.347 e. The van der Waals surface area contributed by atoms with Crippen LogP contribution in [0.25, 0.3) is 0 Å². The van der Waals surface area contributed by atoms with Gasteiger partial charge in [-0.2, -0.15) is 0 Å². The molecule has 0 rings (SSSR count). The van der Waals surface area contributed by atoms with Crippen molar-refractivity contribution in [2.45, 2.75) is 6.92 Å². The summed E-state index contributed by atoms with van der Waals surface area (Å²) in [7, 11) is -0.551. The van der Waals surface area contributed by atoms with Crippen LogP contribution in [0.5, 0.6) is 0 Å². The molecule has 1 nitrogen and oxygen atoms in total. The molecule has 0 saturated carbocycles. The Bertz CT molecular complexity index is 74.6. The number of hydrogen-bond donors (Lipinski definition) is 0. The average Bonchev–Trinajstić information content (AvgIpc) is 1.68. The van der Waals surface area contributed by atoms with Crippen molar-refractivity contribution in [3.63, 3.8) is 0 Å². The summed E-state index contributed by atoms with van der Waals surface area (Å²) in [6.45, 7) is 4.58. The van der Waals surface area contributed by atoms with Crippen molar-refractivity contribution in [3.8, 4) is 12.1 Å². The zero-order valence-electron chi connectivity index (χ0n) is 4.64. The van der Waals surface area contributed by atoms with Crippen LogP contribution in [0.3, 0.4) is 0 Å². The van der Waals surface area contributed by atoms with E-state index in [0.29, 0.717) is 0 Å². The average molecular weight is 116 g/mol. The molecule has 1 unspecified atom stereocenters. The fourth-order valence-electron chi connectivity index (χ4n) is 0.231. The Labute approximate surface area is 45.9 Å². The van der Waals surface area contributed by atoms with Gasteiger partial charge in [0, 0.05) is 6.61 Å². The molecular formula is C5H9OP. The van der Waals surface area contributed by atoms with E-state index >= 15 is 0 Å². The highest BCUT2D eigenvalue weighted by molar-refractivity contribution is 7.57. The molecule has 0 aromatic heterocycles. The Morgan fingerprint density at radius 1 is 1.86 bits per heavy atom. The molecule has 0 fully saturated rings. The lowest BCUT2D eigenvalue weighted by molar-refractivity contribution is 0.386. The second kappa shape index (κ2) is 4.12. The highest BCUT2D eigenvalue weighted by Gasteiger charge is 1.88. The van der Waals surface area contributed by atoms with Gasteiger partial charge in [-0.3, -0.25) is 0 Å². The van der Waals surface area contributed by atoms with Gasteiger partial charge < -0.3 is 4.52 Å². The van der Waals surface area contributed by atoms with Crippen LogP contribution < -0.4 is 0 Å². The maximum absolute atomic E-state index is 5.02. The maximum Gasteiger partial charge on any atom is 0.103 e. The summed E-state index contributed by atoms with van der Waals surface area (Å²) in [5.41, 5.74) is 2.51. The zero-order chi connectivity index (χ0) is 5.70. The molecule has 0 amide bonds. The van der Waals surface area contributed by atoms with Crippen molar-refractivity contribution >= 4 is 8.15 Å². The van der Waals surface area contributed by atoms with Gasteiger partial charge in [0.25, 0.3) is 0 Å². The summed E-state index contributed by atoms with van der Waals surface area (Å²) in [5, 5.41) is 0. The quantitative estimate of drug-likeness (QED) is 0.393. The van der Waals surface area contributed by atoms with Gasteiger partial charge in [-0.1, -0.05) is 5.66 Å². The molecule has 0 spiro atoms. The first-order chi connectivity index (χ1) is 3.31. The highest BCUT2D eigenvalue weighted by atomic mass is 31.1. The van der Waals surface area contributed by atoms with Gasteiger partial charge in [-0.25, -0.2) is 0 Å². The third kappa shape index (κ3) is 3.79. The van der Waals surface area contributed by atoms with Crippen molar-refractivity contribution in [1.29, 1.82) is 0 Å². The standard InChI is InChI=1S/C5H9OP/c1-4-6-7(3)5-2/h2H,4H2,1,3H3. The molecular weight excluding hydrogens is 107 g/mol. The van der Waals surface area contributed by atoms with Crippen LogP contribution in [0.4, 0.5) is 0 Å². The summed E-state index contributed by atoms with van der Waals surface area (Å²) in [6, 6.07) is 0. The molecule has 0 saturated heterocycles. The van der Waals surface area contributed by atoms with Crippen LogP contribution in [0, 0.1) is 12.1 Å². The Hall–Kier alpha value is -0.0500. The van der Waals surface area contributed by atoms with Crippen molar-refractivity contribution in [2.24, 2.45) is 0 Å². The summed E-state index contributed by atoms with van der Waals surface area (Å²) in [5.74, 6) is 0. The normalized spacial score (nSPS) is 12.7. The van der Waals surface area contributed by atoms with Gasteiger partial charge in [-0.05, 0) is 13.6 Å². The minimum absolute atomic E-state index is 0.551. The van der Waals surface area contributed by atoms with Gasteiger partial charge in [0.1, 0.15) is 8.15 Å². The Morgan fingerprint density at radius 2 is 2.43 bits per heavy atom. The van der Waals surface area contributed by atoms with E-state index in [1.807, 2.05) is 13.6 Å². The van der Waals surface area contributed by atoms with E-state index in [2.05, 4.69) is 5.66 Å². The summed E-state index contributed by atoms with van der Waals surface area (Å²) in [6.07, 6.45) is 5.01. The van der Waals surface area contributed by atoms with E-state index in [-0.39, 0.29) is 0 Å². The topological polar surface area (TPSA) is 9.23 Å². The highest BCUT2D eigenvalue weighted by Crippen LogP contribution is 2.28. The third-order valence-corrected chi connectivity index (χ3v) is 1.51. The lowest BCUT2D eigenvalue weighted by atomic mass is 10.9. The molecule has 1 atom stereocenters. The second-order valence-corrected chi connectivity index (χ2v) is 2.56. The smallest absolute Gasteiger partial charge is 0.103 e. The van der Waals surface area contributed by atoms with Crippen LogP contribution in [0.15, 0.2) is 0 Å². The molecule has 2 heteroatoms. The molecule has 0 aromatic rings. The van der Waals surface area contributed by atoms with Gasteiger partial charge in [-0.15, -0.1) is 6.42 Å². The largest absolute Gasteiger partial charge is 0.347 e. The summed E-state index contributed by atoms with van der Waals surface area (Å²) in [4.78, 5) is 0. The van der Waals surface area contributed by atoms with E-state index < -0.39 is 8.15 Å². The molecule has 0 aliphatic carbocycles. The molecule has 0 bridgehead atoms. The molecule has 0 heterocycles. The number of terminal acetylenes is 1. The van der Waals surface area contributed by atoms with Crippen LogP contribution >= 0.6 is 8.15 Å². The lowest BCUT2D eigenvalue weighted by Crippen LogP contribution is -1.77. The summed E-state index contributed by atoms with van der Waals surface area (Å²) >= 11 is 0. The minimum atomic E-state index is -0.551. The fraction of sp³-hybridized carbons (Fsp3) is 0.600. The summed E-state index contributed by atoms with van der Waals surface area (Å²) < 4.78 is 5.02. The van der Waals surface area contributed by atoms with Crippen molar-refractivity contribution < 1.29 is 4.52 Å². The second-order valence-electron chi connectivity index (χ2n) is 1.04. The number of rotatable bonds is 2. The van der Waals surface area contributed by atoms with Crippen molar-refractivity contribution in [3.05, 3.63) is 0 Å². The lowest BCUT2D eigenvalue weighted by Gasteiger charge is -1.99. The van der Waals surface area contributed by atoms with Crippen LogP contribution in [-0.2, 0) is 4.52 Å². The SMILES string of the molecule is C#CP(C)OCC. The third-order valence-electron chi connectivity index (χ3n) is 0.505. The van der Waals surface area contributed by atoms with E-state index in [4.69, 9.17) is 10.9 Å². The van der Waals surface area contributed by atoms with E-state index in [0.717, 1.165) is 6.61 Å². The Balaban J connectivity index is 3.04.